The van der Waals surface area contributed by atoms with E-state index in [4.69, 9.17) is 10.5 Å². The first-order chi connectivity index (χ1) is 12.2. The van der Waals surface area contributed by atoms with E-state index in [1.165, 1.54) is 0 Å². The number of carbonyl (C=O) groups excluding carboxylic acids is 1. The Morgan fingerprint density at radius 3 is 2.42 bits per heavy atom. The van der Waals surface area contributed by atoms with Crippen LogP contribution in [0.4, 0.5) is 5.69 Å². The summed E-state index contributed by atoms with van der Waals surface area (Å²) in [5.74, 6) is 0.967. The average molecular weight is 375 g/mol. The van der Waals surface area contributed by atoms with Crippen LogP contribution in [0, 0.1) is 5.92 Å². The van der Waals surface area contributed by atoms with Crippen LogP contribution in [-0.2, 0) is 11.3 Å². The molecule has 0 radical (unpaired) electrons. The molecule has 3 rings (SSSR count). The third kappa shape index (κ3) is 4.99. The van der Waals surface area contributed by atoms with Crippen molar-refractivity contribution in [1.29, 1.82) is 0 Å². The molecule has 1 aliphatic carbocycles. The maximum atomic E-state index is 13.2. The standard InChI is InChI=1S/C21H26N2O2.ClH/c1-25-20-12-10-19(11-13-20)23(15-16-6-3-2-4-7-16)21(24)17-8-5-9-18(22)14-17;/h2-4,6-7,10-13,17-18H,5,8-9,14-15,22H2,1H3;1H. The summed E-state index contributed by atoms with van der Waals surface area (Å²) in [5.41, 5.74) is 8.12. The lowest BCUT2D eigenvalue weighted by molar-refractivity contribution is -0.123. The van der Waals surface area contributed by atoms with E-state index < -0.39 is 0 Å². The van der Waals surface area contributed by atoms with E-state index in [2.05, 4.69) is 12.1 Å². The second-order valence-corrected chi connectivity index (χ2v) is 6.73. The molecule has 26 heavy (non-hydrogen) atoms. The molecule has 0 aliphatic heterocycles. The minimum atomic E-state index is 0. The van der Waals surface area contributed by atoms with Gasteiger partial charge in [0.15, 0.2) is 0 Å². The van der Waals surface area contributed by atoms with Crippen molar-refractivity contribution in [3.05, 3.63) is 60.2 Å². The molecule has 2 atom stereocenters. The smallest absolute Gasteiger partial charge is 0.230 e. The highest BCUT2D eigenvalue weighted by Gasteiger charge is 2.29. The summed E-state index contributed by atoms with van der Waals surface area (Å²) in [5, 5.41) is 0. The minimum absolute atomic E-state index is 0. The normalized spacial score (nSPS) is 19.3. The number of carbonyl (C=O) groups is 1. The molecule has 0 bridgehead atoms. The number of rotatable bonds is 5. The number of benzene rings is 2. The lowest BCUT2D eigenvalue weighted by atomic mass is 9.85. The molecule has 5 heteroatoms. The molecular formula is C21H27ClN2O2. The molecule has 140 valence electrons. The third-order valence-electron chi connectivity index (χ3n) is 4.90. The zero-order chi connectivity index (χ0) is 17.6. The molecule has 4 nitrogen and oxygen atoms in total. The zero-order valence-corrected chi connectivity index (χ0v) is 16.0. The molecule has 2 N–H and O–H groups in total. The van der Waals surface area contributed by atoms with Crippen LogP contribution in [0.5, 0.6) is 5.75 Å². The predicted octanol–water partition coefficient (Wildman–Crippen LogP) is 4.17. The van der Waals surface area contributed by atoms with Gasteiger partial charge >= 0.3 is 0 Å². The molecule has 0 aromatic heterocycles. The van der Waals surface area contributed by atoms with Gasteiger partial charge in [0.1, 0.15) is 5.75 Å². The summed E-state index contributed by atoms with van der Waals surface area (Å²) in [6.07, 6.45) is 3.75. The fourth-order valence-electron chi connectivity index (χ4n) is 3.50. The van der Waals surface area contributed by atoms with Crippen LogP contribution in [-0.4, -0.2) is 19.1 Å². The Morgan fingerprint density at radius 2 is 1.81 bits per heavy atom. The Kier molecular flexibility index (Phi) is 7.49. The van der Waals surface area contributed by atoms with Gasteiger partial charge in [-0.25, -0.2) is 0 Å². The summed E-state index contributed by atoms with van der Waals surface area (Å²) in [7, 11) is 1.64. The lowest BCUT2D eigenvalue weighted by Gasteiger charge is -2.31. The first-order valence-corrected chi connectivity index (χ1v) is 8.92. The highest BCUT2D eigenvalue weighted by Crippen LogP contribution is 2.29. The van der Waals surface area contributed by atoms with Gasteiger partial charge in [-0.1, -0.05) is 36.8 Å². The first-order valence-electron chi connectivity index (χ1n) is 8.92. The summed E-state index contributed by atoms with van der Waals surface area (Å²) in [6.45, 7) is 0.567. The summed E-state index contributed by atoms with van der Waals surface area (Å²) in [6, 6.07) is 17.9. The molecule has 0 heterocycles. The number of methoxy groups -OCH3 is 1. The molecule has 2 aromatic carbocycles. The number of ether oxygens (including phenoxy) is 1. The van der Waals surface area contributed by atoms with Gasteiger partial charge in [-0.15, -0.1) is 12.4 Å². The molecule has 2 aromatic rings. The molecule has 1 amide bonds. The van der Waals surface area contributed by atoms with Crippen LogP contribution in [0.25, 0.3) is 0 Å². The van der Waals surface area contributed by atoms with Crippen LogP contribution in [0.2, 0.25) is 0 Å². The number of hydrogen-bond acceptors (Lipinski definition) is 3. The van der Waals surface area contributed by atoms with Gasteiger partial charge in [-0.3, -0.25) is 4.79 Å². The second kappa shape index (κ2) is 9.60. The molecule has 1 fully saturated rings. The largest absolute Gasteiger partial charge is 0.497 e. The number of nitrogens with two attached hydrogens (primary N) is 1. The van der Waals surface area contributed by atoms with Crippen molar-refractivity contribution in [3.63, 3.8) is 0 Å². The van der Waals surface area contributed by atoms with Crippen LogP contribution >= 0.6 is 12.4 Å². The van der Waals surface area contributed by atoms with Gasteiger partial charge < -0.3 is 15.4 Å². The van der Waals surface area contributed by atoms with E-state index in [1.807, 2.05) is 47.4 Å². The fourth-order valence-corrected chi connectivity index (χ4v) is 3.50. The van der Waals surface area contributed by atoms with Crippen molar-refractivity contribution in [2.45, 2.75) is 38.3 Å². The summed E-state index contributed by atoms with van der Waals surface area (Å²) < 4.78 is 5.24. The maximum absolute atomic E-state index is 13.2. The molecule has 0 spiro atoms. The SMILES string of the molecule is COc1ccc(N(Cc2ccccc2)C(=O)C2CCCC(N)C2)cc1.Cl. The van der Waals surface area contributed by atoms with E-state index in [1.54, 1.807) is 7.11 Å². The fraction of sp³-hybridized carbons (Fsp3) is 0.381. The number of nitrogens with zero attached hydrogens (tertiary/aromatic N) is 1. The highest BCUT2D eigenvalue weighted by molar-refractivity contribution is 5.95. The van der Waals surface area contributed by atoms with E-state index in [0.29, 0.717) is 6.54 Å². The van der Waals surface area contributed by atoms with Crippen LogP contribution in [0.15, 0.2) is 54.6 Å². The van der Waals surface area contributed by atoms with E-state index in [-0.39, 0.29) is 30.3 Å². The van der Waals surface area contributed by atoms with Crippen molar-refractivity contribution in [1.82, 2.24) is 0 Å². The van der Waals surface area contributed by atoms with Crippen LogP contribution < -0.4 is 15.4 Å². The molecule has 1 aliphatic rings. The molecule has 2 unspecified atom stereocenters. The average Bonchev–Trinajstić information content (AvgIpc) is 2.66. The van der Waals surface area contributed by atoms with Gasteiger partial charge in [0.2, 0.25) is 5.91 Å². The van der Waals surface area contributed by atoms with Crippen molar-refractivity contribution < 1.29 is 9.53 Å². The van der Waals surface area contributed by atoms with Crippen molar-refractivity contribution in [3.8, 4) is 5.75 Å². The van der Waals surface area contributed by atoms with E-state index in [9.17, 15) is 4.79 Å². The Hall–Kier alpha value is -2.04. The predicted molar refractivity (Wildman–Crippen MR) is 108 cm³/mol. The topological polar surface area (TPSA) is 55.6 Å². The zero-order valence-electron chi connectivity index (χ0n) is 15.1. The van der Waals surface area contributed by atoms with E-state index >= 15 is 0 Å². The van der Waals surface area contributed by atoms with Gasteiger partial charge in [0, 0.05) is 17.6 Å². The number of anilines is 1. The van der Waals surface area contributed by atoms with Crippen molar-refractivity contribution in [2.24, 2.45) is 11.7 Å². The Balaban J connectivity index is 0.00000243. The van der Waals surface area contributed by atoms with Gasteiger partial charge in [0.25, 0.3) is 0 Å². The van der Waals surface area contributed by atoms with Crippen molar-refractivity contribution in [2.75, 3.05) is 12.0 Å². The molecular weight excluding hydrogens is 348 g/mol. The van der Waals surface area contributed by atoms with Gasteiger partial charge in [0.05, 0.1) is 13.7 Å². The Morgan fingerprint density at radius 1 is 1.12 bits per heavy atom. The number of hydrogen-bond donors (Lipinski definition) is 1. The lowest BCUT2D eigenvalue weighted by Crippen LogP contribution is -2.40. The third-order valence-corrected chi connectivity index (χ3v) is 4.90. The maximum Gasteiger partial charge on any atom is 0.230 e. The second-order valence-electron chi connectivity index (χ2n) is 6.73. The molecule has 0 saturated heterocycles. The first kappa shape index (κ1) is 20.3. The summed E-state index contributed by atoms with van der Waals surface area (Å²) in [4.78, 5) is 15.1. The Labute approximate surface area is 161 Å². The number of amides is 1. The highest BCUT2D eigenvalue weighted by atomic mass is 35.5. The van der Waals surface area contributed by atoms with Crippen LogP contribution in [0.1, 0.15) is 31.2 Å². The number of halogens is 1. The van der Waals surface area contributed by atoms with Gasteiger partial charge in [-0.05, 0) is 49.1 Å². The molecule has 1 saturated carbocycles. The monoisotopic (exact) mass is 374 g/mol. The minimum Gasteiger partial charge on any atom is -0.497 e. The Bertz CT molecular complexity index is 691. The van der Waals surface area contributed by atoms with Crippen LogP contribution in [0.3, 0.4) is 0 Å². The van der Waals surface area contributed by atoms with Crippen molar-refractivity contribution >= 4 is 24.0 Å². The van der Waals surface area contributed by atoms with E-state index in [0.717, 1.165) is 42.7 Å². The quantitative estimate of drug-likeness (QED) is 0.854. The summed E-state index contributed by atoms with van der Waals surface area (Å²) >= 11 is 0. The van der Waals surface area contributed by atoms with Gasteiger partial charge in [-0.2, -0.15) is 0 Å².